The number of methoxy groups -OCH3 is 1. The van der Waals surface area contributed by atoms with Gasteiger partial charge in [0.25, 0.3) is 0 Å². The Labute approximate surface area is 115 Å². The van der Waals surface area contributed by atoms with Crippen molar-refractivity contribution in [2.75, 3.05) is 7.11 Å². The van der Waals surface area contributed by atoms with Gasteiger partial charge in [-0.15, -0.1) is 11.3 Å². The average molecular weight is 282 g/mol. The Morgan fingerprint density at radius 2 is 2.21 bits per heavy atom. The first-order valence-electron chi connectivity index (χ1n) is 6.35. The number of nitrogens with zero attached hydrogens (tertiary/aromatic N) is 2. The van der Waals surface area contributed by atoms with Crippen molar-refractivity contribution in [3.05, 3.63) is 16.6 Å². The van der Waals surface area contributed by atoms with Crippen LogP contribution in [0.2, 0.25) is 0 Å². The molecule has 2 heterocycles. The van der Waals surface area contributed by atoms with Gasteiger partial charge >= 0.3 is 5.97 Å². The maximum absolute atomic E-state index is 11.1. The molecule has 0 radical (unpaired) electrons. The number of aromatic nitrogens is 2. The van der Waals surface area contributed by atoms with Gasteiger partial charge in [-0.3, -0.25) is 4.68 Å². The number of aromatic carboxylic acids is 1. The SMILES string of the molecule is CCC(CC)n1nc(COC)c2cc(C(=O)O)sc21. The number of hydrogen-bond acceptors (Lipinski definition) is 4. The molecule has 0 unspecified atom stereocenters. The average Bonchev–Trinajstić information content (AvgIpc) is 2.93. The number of carboxylic acid groups (broad SMARTS) is 1. The van der Waals surface area contributed by atoms with E-state index in [9.17, 15) is 4.79 Å². The molecule has 1 N–H and O–H groups in total. The summed E-state index contributed by atoms with van der Waals surface area (Å²) in [7, 11) is 1.62. The largest absolute Gasteiger partial charge is 0.477 e. The second kappa shape index (κ2) is 5.71. The van der Waals surface area contributed by atoms with E-state index in [1.165, 1.54) is 11.3 Å². The number of fused-ring (bicyclic) bond motifs is 1. The Hall–Kier alpha value is -1.40. The third-order valence-corrected chi connectivity index (χ3v) is 4.35. The van der Waals surface area contributed by atoms with Crippen LogP contribution < -0.4 is 0 Å². The van der Waals surface area contributed by atoms with Gasteiger partial charge in [-0.25, -0.2) is 4.79 Å². The van der Waals surface area contributed by atoms with E-state index in [0.717, 1.165) is 28.8 Å². The summed E-state index contributed by atoms with van der Waals surface area (Å²) in [5.41, 5.74) is 0.813. The molecule has 0 spiro atoms. The molecule has 0 aromatic carbocycles. The molecule has 5 nitrogen and oxygen atoms in total. The van der Waals surface area contributed by atoms with Crippen molar-refractivity contribution in [1.29, 1.82) is 0 Å². The number of hydrogen-bond donors (Lipinski definition) is 1. The fraction of sp³-hybridized carbons (Fsp3) is 0.538. The topological polar surface area (TPSA) is 64.4 Å². The smallest absolute Gasteiger partial charge is 0.345 e. The summed E-state index contributed by atoms with van der Waals surface area (Å²) in [4.78, 5) is 12.4. The van der Waals surface area contributed by atoms with Crippen LogP contribution in [0.25, 0.3) is 10.2 Å². The summed E-state index contributed by atoms with van der Waals surface area (Å²) in [5.74, 6) is -0.888. The van der Waals surface area contributed by atoms with Gasteiger partial charge in [0.05, 0.1) is 18.3 Å². The molecule has 0 amide bonds. The van der Waals surface area contributed by atoms with E-state index in [-0.39, 0.29) is 0 Å². The molecule has 0 saturated carbocycles. The lowest BCUT2D eigenvalue weighted by Gasteiger charge is -2.13. The molecule has 2 aromatic rings. The number of carbonyl (C=O) groups is 1. The normalized spacial score (nSPS) is 11.6. The molecule has 2 aromatic heterocycles. The molecule has 0 aliphatic rings. The van der Waals surface area contributed by atoms with Gasteiger partial charge in [0, 0.05) is 12.5 Å². The van der Waals surface area contributed by atoms with Gasteiger partial charge in [0.15, 0.2) is 0 Å². The highest BCUT2D eigenvalue weighted by Crippen LogP contribution is 2.32. The number of rotatable bonds is 6. The highest BCUT2D eigenvalue weighted by molar-refractivity contribution is 7.20. The van der Waals surface area contributed by atoms with Crippen LogP contribution in [0.5, 0.6) is 0 Å². The minimum Gasteiger partial charge on any atom is -0.477 e. The highest BCUT2D eigenvalue weighted by Gasteiger charge is 2.20. The van der Waals surface area contributed by atoms with Crippen molar-refractivity contribution in [2.24, 2.45) is 0 Å². The van der Waals surface area contributed by atoms with Gasteiger partial charge in [-0.1, -0.05) is 13.8 Å². The Morgan fingerprint density at radius 1 is 1.53 bits per heavy atom. The molecule has 0 aliphatic heterocycles. The number of carboxylic acids is 1. The Morgan fingerprint density at radius 3 is 2.74 bits per heavy atom. The molecule has 19 heavy (non-hydrogen) atoms. The van der Waals surface area contributed by atoms with Crippen LogP contribution in [0.4, 0.5) is 0 Å². The van der Waals surface area contributed by atoms with Crippen molar-refractivity contribution in [1.82, 2.24) is 9.78 Å². The van der Waals surface area contributed by atoms with Crippen molar-refractivity contribution >= 4 is 27.5 Å². The van der Waals surface area contributed by atoms with Gasteiger partial charge in [-0.05, 0) is 18.9 Å². The van der Waals surface area contributed by atoms with E-state index in [0.29, 0.717) is 17.5 Å². The molecular formula is C13H18N2O3S. The Balaban J connectivity index is 2.59. The van der Waals surface area contributed by atoms with Crippen LogP contribution >= 0.6 is 11.3 Å². The summed E-state index contributed by atoms with van der Waals surface area (Å²) in [6.45, 7) is 4.63. The quantitative estimate of drug-likeness (QED) is 0.883. The van der Waals surface area contributed by atoms with Gasteiger partial charge in [0.2, 0.25) is 0 Å². The molecule has 0 aliphatic carbocycles. The third kappa shape index (κ3) is 2.50. The minimum atomic E-state index is -0.888. The van der Waals surface area contributed by atoms with Gasteiger partial charge in [-0.2, -0.15) is 5.10 Å². The summed E-state index contributed by atoms with van der Waals surface area (Å²) >= 11 is 1.28. The van der Waals surface area contributed by atoms with E-state index >= 15 is 0 Å². The lowest BCUT2D eigenvalue weighted by atomic mass is 10.2. The van der Waals surface area contributed by atoms with E-state index in [2.05, 4.69) is 18.9 Å². The van der Waals surface area contributed by atoms with Crippen LogP contribution in [0.3, 0.4) is 0 Å². The van der Waals surface area contributed by atoms with Crippen molar-refractivity contribution in [3.8, 4) is 0 Å². The molecule has 6 heteroatoms. The zero-order valence-electron chi connectivity index (χ0n) is 11.3. The van der Waals surface area contributed by atoms with Crippen LogP contribution in [0.1, 0.15) is 48.1 Å². The summed E-state index contributed by atoms with van der Waals surface area (Å²) in [6.07, 6.45) is 1.94. The monoisotopic (exact) mass is 282 g/mol. The summed E-state index contributed by atoms with van der Waals surface area (Å²) < 4.78 is 7.11. The maximum atomic E-state index is 11.1. The fourth-order valence-corrected chi connectivity index (χ4v) is 3.26. The van der Waals surface area contributed by atoms with Crippen LogP contribution in [0.15, 0.2) is 6.07 Å². The first-order chi connectivity index (χ1) is 9.12. The van der Waals surface area contributed by atoms with E-state index < -0.39 is 5.97 Å². The van der Waals surface area contributed by atoms with Crippen LogP contribution in [0, 0.1) is 0 Å². The number of ether oxygens (including phenoxy) is 1. The molecule has 0 atom stereocenters. The van der Waals surface area contributed by atoms with Gasteiger partial charge in [0.1, 0.15) is 9.71 Å². The Bertz CT molecular complexity index is 584. The van der Waals surface area contributed by atoms with Crippen LogP contribution in [-0.4, -0.2) is 28.0 Å². The van der Waals surface area contributed by atoms with Crippen LogP contribution in [-0.2, 0) is 11.3 Å². The predicted molar refractivity (Wildman–Crippen MR) is 74.9 cm³/mol. The summed E-state index contributed by atoms with van der Waals surface area (Å²) in [5, 5.41) is 14.6. The van der Waals surface area contributed by atoms with Gasteiger partial charge < -0.3 is 9.84 Å². The molecular weight excluding hydrogens is 264 g/mol. The lowest BCUT2D eigenvalue weighted by molar-refractivity contribution is 0.0702. The fourth-order valence-electron chi connectivity index (χ4n) is 2.22. The second-order valence-electron chi connectivity index (χ2n) is 4.43. The lowest BCUT2D eigenvalue weighted by Crippen LogP contribution is -2.08. The predicted octanol–water partition coefficient (Wildman–Crippen LogP) is 3.30. The molecule has 2 rings (SSSR count). The molecule has 104 valence electrons. The zero-order chi connectivity index (χ0) is 14.0. The first kappa shape index (κ1) is 14.0. The number of thiophene rings is 1. The molecule has 0 fully saturated rings. The minimum absolute atomic E-state index is 0.299. The third-order valence-electron chi connectivity index (χ3n) is 3.24. The van der Waals surface area contributed by atoms with E-state index in [1.807, 2.05) is 4.68 Å². The van der Waals surface area contributed by atoms with E-state index in [1.54, 1.807) is 13.2 Å². The molecule has 0 bridgehead atoms. The molecule has 0 saturated heterocycles. The first-order valence-corrected chi connectivity index (χ1v) is 7.17. The van der Waals surface area contributed by atoms with Crippen molar-refractivity contribution in [3.63, 3.8) is 0 Å². The summed E-state index contributed by atoms with van der Waals surface area (Å²) in [6, 6.07) is 2.00. The highest BCUT2D eigenvalue weighted by atomic mass is 32.1. The maximum Gasteiger partial charge on any atom is 0.345 e. The standard InChI is InChI=1S/C13H18N2O3S/c1-4-8(5-2)15-12-9(10(14-15)7-18-3)6-11(19-12)13(16)17/h6,8H,4-5,7H2,1-3H3,(H,16,17). The Kier molecular flexibility index (Phi) is 4.21. The van der Waals surface area contributed by atoms with E-state index in [4.69, 9.17) is 9.84 Å². The van der Waals surface area contributed by atoms with Crippen molar-refractivity contribution in [2.45, 2.75) is 39.3 Å². The second-order valence-corrected chi connectivity index (χ2v) is 5.46. The van der Waals surface area contributed by atoms with Crippen molar-refractivity contribution < 1.29 is 14.6 Å². The zero-order valence-corrected chi connectivity index (χ0v) is 12.2.